The molecule has 4 rings (SSSR count). The Morgan fingerprint density at radius 2 is 1.58 bits per heavy atom. The van der Waals surface area contributed by atoms with Gasteiger partial charge >= 0.3 is 12.1 Å². The molecule has 3 aromatic carbocycles. The Balaban J connectivity index is 1.71. The largest absolute Gasteiger partial charge is 0.481 e. The standard InChI is InChI=1S/C33H34F3NO5S/c1-6-24-17-21(2)16-22(3)30(24)43(40,41)37(20-28-14-15-29(42-28)33(34,35)36)19-23-10-12-25(13-11-23)26-8-7-9-27(18-26)32(4,5)31(38)39/h7-18H,6,19-20H2,1-5H3,(H,38,39). The maximum Gasteiger partial charge on any atom is 0.449 e. The van der Waals surface area contributed by atoms with E-state index >= 15 is 0 Å². The summed E-state index contributed by atoms with van der Waals surface area (Å²) >= 11 is 0. The first-order valence-electron chi connectivity index (χ1n) is 13.7. The predicted molar refractivity (Wildman–Crippen MR) is 158 cm³/mol. The van der Waals surface area contributed by atoms with Gasteiger partial charge < -0.3 is 9.52 Å². The fraction of sp³-hybridized carbons (Fsp3) is 0.303. The van der Waals surface area contributed by atoms with Crippen molar-refractivity contribution in [2.45, 2.75) is 70.6 Å². The number of furan rings is 1. The number of carboxylic acids is 1. The maximum absolute atomic E-state index is 14.1. The number of sulfonamides is 1. The number of halogens is 3. The highest BCUT2D eigenvalue weighted by Crippen LogP contribution is 2.34. The van der Waals surface area contributed by atoms with E-state index in [0.717, 1.165) is 33.1 Å². The van der Waals surface area contributed by atoms with E-state index in [4.69, 9.17) is 4.42 Å². The number of hydrogen-bond donors (Lipinski definition) is 1. The summed E-state index contributed by atoms with van der Waals surface area (Å²) in [7, 11) is -4.17. The van der Waals surface area contributed by atoms with E-state index < -0.39 is 39.9 Å². The molecule has 0 amide bonds. The second-order valence-electron chi connectivity index (χ2n) is 11.2. The van der Waals surface area contributed by atoms with Gasteiger partial charge in [0.15, 0.2) is 0 Å². The summed E-state index contributed by atoms with van der Waals surface area (Å²) in [5, 5.41) is 9.62. The SMILES string of the molecule is CCc1cc(C)cc(C)c1S(=O)(=O)N(Cc1ccc(-c2cccc(C(C)(C)C(=O)O)c2)cc1)Cc1ccc(C(F)(F)F)o1. The molecule has 228 valence electrons. The van der Waals surface area contributed by atoms with E-state index in [9.17, 15) is 31.5 Å². The van der Waals surface area contributed by atoms with Gasteiger partial charge in [0, 0.05) is 6.54 Å². The molecule has 1 N–H and O–H groups in total. The topological polar surface area (TPSA) is 87.8 Å². The van der Waals surface area contributed by atoms with Crippen molar-refractivity contribution in [3.8, 4) is 11.1 Å². The molecular weight excluding hydrogens is 579 g/mol. The average Bonchev–Trinajstić information content (AvgIpc) is 3.42. The predicted octanol–water partition coefficient (Wildman–Crippen LogP) is 7.90. The van der Waals surface area contributed by atoms with Crippen LogP contribution >= 0.6 is 0 Å². The lowest BCUT2D eigenvalue weighted by atomic mass is 9.83. The molecule has 1 aromatic heterocycles. The van der Waals surface area contributed by atoms with Gasteiger partial charge in [-0.2, -0.15) is 17.5 Å². The zero-order chi connectivity index (χ0) is 31.7. The minimum atomic E-state index is -4.70. The number of carbonyl (C=O) groups is 1. The van der Waals surface area contributed by atoms with Gasteiger partial charge in [0.2, 0.25) is 15.8 Å². The molecule has 0 spiro atoms. The number of carboxylic acid groups (broad SMARTS) is 1. The molecule has 0 atom stereocenters. The fourth-order valence-corrected chi connectivity index (χ4v) is 6.91. The Bertz CT molecular complexity index is 1740. The summed E-state index contributed by atoms with van der Waals surface area (Å²) in [5.41, 5.74) is 3.83. The smallest absolute Gasteiger partial charge is 0.449 e. The number of aliphatic carboxylic acids is 1. The van der Waals surface area contributed by atoms with Gasteiger partial charge in [-0.05, 0) is 79.6 Å². The van der Waals surface area contributed by atoms with Gasteiger partial charge in [0.05, 0.1) is 16.9 Å². The van der Waals surface area contributed by atoms with Crippen molar-refractivity contribution in [2.24, 2.45) is 0 Å². The third-order valence-electron chi connectivity index (χ3n) is 7.51. The molecular formula is C33H34F3NO5S. The van der Waals surface area contributed by atoms with Crippen LogP contribution in [0.5, 0.6) is 0 Å². The van der Waals surface area contributed by atoms with Gasteiger partial charge in [0.25, 0.3) is 0 Å². The number of benzene rings is 3. The second-order valence-corrected chi connectivity index (χ2v) is 13.0. The molecule has 0 fully saturated rings. The van der Waals surface area contributed by atoms with E-state index in [1.54, 1.807) is 69.3 Å². The summed E-state index contributed by atoms with van der Waals surface area (Å²) in [4.78, 5) is 11.9. The summed E-state index contributed by atoms with van der Waals surface area (Å²) in [6, 6.07) is 19.8. The molecule has 0 aliphatic heterocycles. The number of aryl methyl sites for hydroxylation is 3. The third kappa shape index (κ3) is 6.86. The summed E-state index contributed by atoms with van der Waals surface area (Å²) < 4.78 is 74.1. The zero-order valence-electron chi connectivity index (χ0n) is 24.6. The summed E-state index contributed by atoms with van der Waals surface area (Å²) in [6.45, 7) is 8.18. The van der Waals surface area contributed by atoms with Crippen LogP contribution in [-0.2, 0) is 45.9 Å². The van der Waals surface area contributed by atoms with E-state index in [2.05, 4.69) is 0 Å². The molecule has 1 heterocycles. The van der Waals surface area contributed by atoms with Crippen LogP contribution < -0.4 is 0 Å². The van der Waals surface area contributed by atoms with E-state index in [1.165, 1.54) is 0 Å². The van der Waals surface area contributed by atoms with Crippen molar-refractivity contribution >= 4 is 16.0 Å². The van der Waals surface area contributed by atoms with Gasteiger partial charge in [-0.15, -0.1) is 0 Å². The van der Waals surface area contributed by atoms with Crippen molar-refractivity contribution in [1.82, 2.24) is 4.31 Å². The number of rotatable bonds is 10. The molecule has 0 saturated heterocycles. The lowest BCUT2D eigenvalue weighted by molar-refractivity contribution is -0.153. The molecule has 4 aromatic rings. The van der Waals surface area contributed by atoms with Crippen molar-refractivity contribution in [2.75, 3.05) is 0 Å². The van der Waals surface area contributed by atoms with E-state index in [0.29, 0.717) is 28.7 Å². The molecule has 6 nitrogen and oxygen atoms in total. The highest BCUT2D eigenvalue weighted by atomic mass is 32.2. The van der Waals surface area contributed by atoms with Crippen LogP contribution in [-0.4, -0.2) is 23.8 Å². The zero-order valence-corrected chi connectivity index (χ0v) is 25.4. The summed E-state index contributed by atoms with van der Waals surface area (Å²) in [6.07, 6.45) is -4.24. The molecule has 10 heteroatoms. The van der Waals surface area contributed by atoms with Gasteiger partial charge in [-0.1, -0.05) is 73.2 Å². The van der Waals surface area contributed by atoms with Gasteiger partial charge in [0.1, 0.15) is 5.76 Å². The van der Waals surface area contributed by atoms with E-state index in [-0.39, 0.29) is 17.2 Å². The quantitative estimate of drug-likeness (QED) is 0.197. The molecule has 0 saturated carbocycles. The lowest BCUT2D eigenvalue weighted by Crippen LogP contribution is -2.31. The van der Waals surface area contributed by atoms with Crippen LogP contribution in [0.25, 0.3) is 11.1 Å². The second kappa shape index (κ2) is 12.0. The van der Waals surface area contributed by atoms with Crippen LogP contribution in [0.15, 0.2) is 82.1 Å². The molecule has 0 aliphatic carbocycles. The molecule has 0 bridgehead atoms. The van der Waals surface area contributed by atoms with Crippen LogP contribution in [0.3, 0.4) is 0 Å². The Morgan fingerprint density at radius 3 is 2.16 bits per heavy atom. The average molecular weight is 614 g/mol. The maximum atomic E-state index is 14.1. The normalized spacial score (nSPS) is 12.6. The van der Waals surface area contributed by atoms with Gasteiger partial charge in [-0.3, -0.25) is 4.79 Å². The lowest BCUT2D eigenvalue weighted by Gasteiger charge is -2.24. The highest BCUT2D eigenvalue weighted by molar-refractivity contribution is 7.89. The molecule has 0 aliphatic rings. The van der Waals surface area contributed by atoms with Crippen LogP contribution in [0, 0.1) is 13.8 Å². The van der Waals surface area contributed by atoms with Crippen LogP contribution in [0.4, 0.5) is 13.2 Å². The minimum Gasteiger partial charge on any atom is -0.481 e. The first kappa shape index (κ1) is 32.0. The van der Waals surface area contributed by atoms with Crippen LogP contribution in [0.1, 0.15) is 60.1 Å². The fourth-order valence-electron chi connectivity index (χ4n) is 5.04. The molecule has 0 unspecified atom stereocenters. The highest BCUT2D eigenvalue weighted by Gasteiger charge is 2.36. The Kier molecular flexibility index (Phi) is 8.95. The third-order valence-corrected chi connectivity index (χ3v) is 9.55. The number of hydrogen-bond acceptors (Lipinski definition) is 4. The first-order valence-corrected chi connectivity index (χ1v) is 15.2. The van der Waals surface area contributed by atoms with Crippen molar-refractivity contribution in [3.05, 3.63) is 112 Å². The van der Waals surface area contributed by atoms with Crippen molar-refractivity contribution < 1.29 is 35.9 Å². The first-order chi connectivity index (χ1) is 20.0. The Hall–Kier alpha value is -3.89. The Labute approximate surface area is 249 Å². The van der Waals surface area contributed by atoms with Crippen molar-refractivity contribution in [3.63, 3.8) is 0 Å². The number of nitrogens with zero attached hydrogens (tertiary/aromatic N) is 1. The monoisotopic (exact) mass is 613 g/mol. The Morgan fingerprint density at radius 1 is 0.907 bits per heavy atom. The van der Waals surface area contributed by atoms with Crippen LogP contribution in [0.2, 0.25) is 0 Å². The van der Waals surface area contributed by atoms with Crippen molar-refractivity contribution in [1.29, 1.82) is 0 Å². The van der Waals surface area contributed by atoms with E-state index in [1.807, 2.05) is 26.0 Å². The molecule has 43 heavy (non-hydrogen) atoms. The molecule has 0 radical (unpaired) electrons. The minimum absolute atomic E-state index is 0.118. The summed E-state index contributed by atoms with van der Waals surface area (Å²) in [5.74, 6) is -2.28. The number of alkyl halides is 3. The van der Waals surface area contributed by atoms with Gasteiger partial charge in [-0.25, -0.2) is 8.42 Å².